The first-order valence-electron chi connectivity index (χ1n) is 7.27. The molecule has 0 unspecified atom stereocenters. The number of rotatable bonds is 5. The van der Waals surface area contributed by atoms with Gasteiger partial charge in [-0.2, -0.15) is 0 Å². The van der Waals surface area contributed by atoms with Crippen LogP contribution in [0.5, 0.6) is 0 Å². The van der Waals surface area contributed by atoms with Gasteiger partial charge >= 0.3 is 5.95 Å². The van der Waals surface area contributed by atoms with Crippen molar-refractivity contribution >= 4 is 33.3 Å². The minimum Gasteiger partial charge on any atom is -0.467 e. The molecule has 6 nitrogen and oxygen atoms in total. The molecule has 0 bridgehead atoms. The lowest BCUT2D eigenvalue weighted by atomic mass is 10.1. The molecule has 0 aliphatic carbocycles. The Hall–Kier alpha value is -2.43. The normalized spacial score (nSPS) is 12.3. The molecule has 3 aromatic heterocycles. The number of thiophene rings is 1. The Morgan fingerprint density at radius 3 is 2.96 bits per heavy atom. The number of nitrogens with one attached hydrogen (secondary N) is 1. The summed E-state index contributed by atoms with van der Waals surface area (Å²) in [5.74, 6) is 1.62. The van der Waals surface area contributed by atoms with Crippen molar-refractivity contribution in [1.82, 2.24) is 9.97 Å². The monoisotopic (exact) mass is 327 g/mol. The molecule has 3 heterocycles. The van der Waals surface area contributed by atoms with Crippen LogP contribution in [-0.4, -0.2) is 16.0 Å². The number of aromatic nitrogens is 2. The van der Waals surface area contributed by atoms with E-state index in [2.05, 4.69) is 20.1 Å². The van der Waals surface area contributed by atoms with Crippen molar-refractivity contribution in [3.8, 4) is 0 Å². The minimum atomic E-state index is 0.0783. The third-order valence-corrected chi connectivity index (χ3v) is 4.78. The maximum atomic E-state index is 7.21. The van der Waals surface area contributed by atoms with Gasteiger partial charge in [0.15, 0.2) is 0 Å². The Morgan fingerprint density at radius 1 is 1.48 bits per heavy atom. The number of nitrogens with two attached hydrogens (primary N) is 1. The molecule has 0 saturated heterocycles. The zero-order valence-corrected chi connectivity index (χ0v) is 13.8. The standard InChI is InChI=1S/C16H17N5OS/c1-9(17)7-12-10(2)13-14(23-12)15(21-16(18-3)20-13)19-8-11-5-4-6-22-11/h4-6,9H,7-8,17H2,1-2H3,(H,19,20,21)/t9-/m1/s1. The fourth-order valence-electron chi connectivity index (χ4n) is 2.36. The fourth-order valence-corrected chi connectivity index (χ4v) is 3.71. The second-order valence-electron chi connectivity index (χ2n) is 5.43. The van der Waals surface area contributed by atoms with Crippen molar-refractivity contribution in [2.75, 3.05) is 5.32 Å². The van der Waals surface area contributed by atoms with Crippen LogP contribution in [0.25, 0.3) is 15.1 Å². The van der Waals surface area contributed by atoms with Gasteiger partial charge in [0, 0.05) is 16.5 Å². The smallest absolute Gasteiger partial charge is 0.374 e. The summed E-state index contributed by atoms with van der Waals surface area (Å²) in [5, 5.41) is 3.25. The van der Waals surface area contributed by atoms with E-state index in [-0.39, 0.29) is 12.0 Å². The summed E-state index contributed by atoms with van der Waals surface area (Å²) in [7, 11) is 0. The lowest BCUT2D eigenvalue weighted by Gasteiger charge is -2.02. The van der Waals surface area contributed by atoms with E-state index in [0.717, 1.165) is 28.0 Å². The van der Waals surface area contributed by atoms with E-state index in [9.17, 15) is 0 Å². The van der Waals surface area contributed by atoms with E-state index in [4.69, 9.17) is 16.7 Å². The van der Waals surface area contributed by atoms with E-state index in [1.54, 1.807) is 17.6 Å². The molecule has 3 aromatic rings. The maximum Gasteiger partial charge on any atom is 0.374 e. The van der Waals surface area contributed by atoms with Crippen LogP contribution >= 0.6 is 11.3 Å². The Bertz CT molecular complexity index is 861. The largest absolute Gasteiger partial charge is 0.467 e. The molecular weight excluding hydrogens is 310 g/mol. The highest BCUT2D eigenvalue weighted by molar-refractivity contribution is 7.19. The van der Waals surface area contributed by atoms with Crippen LogP contribution in [0.4, 0.5) is 11.8 Å². The van der Waals surface area contributed by atoms with Gasteiger partial charge in [-0.3, -0.25) is 0 Å². The quantitative estimate of drug-likeness (QED) is 0.699. The predicted molar refractivity (Wildman–Crippen MR) is 91.8 cm³/mol. The number of furan rings is 1. The summed E-state index contributed by atoms with van der Waals surface area (Å²) in [6.07, 6.45) is 2.42. The maximum absolute atomic E-state index is 7.21. The van der Waals surface area contributed by atoms with Crippen LogP contribution in [0.3, 0.4) is 0 Å². The second kappa shape index (κ2) is 6.36. The molecule has 0 saturated carbocycles. The van der Waals surface area contributed by atoms with Gasteiger partial charge in [0.2, 0.25) is 5.82 Å². The summed E-state index contributed by atoms with van der Waals surface area (Å²) >= 11 is 1.63. The van der Waals surface area contributed by atoms with Gasteiger partial charge in [0.25, 0.3) is 0 Å². The first kappa shape index (κ1) is 15.5. The summed E-state index contributed by atoms with van der Waals surface area (Å²) in [5.41, 5.74) is 7.83. The topological polar surface area (TPSA) is 81.3 Å². The molecule has 0 spiro atoms. The van der Waals surface area contributed by atoms with E-state index in [0.29, 0.717) is 12.4 Å². The van der Waals surface area contributed by atoms with Gasteiger partial charge in [-0.05, 0) is 32.4 Å². The van der Waals surface area contributed by atoms with Gasteiger partial charge in [-0.15, -0.1) is 27.9 Å². The first-order chi connectivity index (χ1) is 11.1. The number of fused-ring (bicyclic) bond motifs is 1. The first-order valence-corrected chi connectivity index (χ1v) is 8.09. The van der Waals surface area contributed by atoms with E-state index in [1.807, 2.05) is 26.0 Å². The van der Waals surface area contributed by atoms with Crippen molar-refractivity contribution in [3.63, 3.8) is 0 Å². The molecule has 0 amide bonds. The third kappa shape index (κ3) is 3.18. The molecule has 23 heavy (non-hydrogen) atoms. The van der Waals surface area contributed by atoms with Crippen LogP contribution in [0.2, 0.25) is 0 Å². The van der Waals surface area contributed by atoms with Gasteiger partial charge in [-0.1, -0.05) is 0 Å². The predicted octanol–water partition coefficient (Wildman–Crippen LogP) is 3.65. The molecule has 7 heteroatoms. The van der Waals surface area contributed by atoms with Gasteiger partial charge in [0.1, 0.15) is 16.0 Å². The van der Waals surface area contributed by atoms with Crippen LogP contribution in [0.15, 0.2) is 22.8 Å². The molecule has 0 radical (unpaired) electrons. The Kier molecular flexibility index (Phi) is 4.28. The highest BCUT2D eigenvalue weighted by atomic mass is 32.1. The summed E-state index contributed by atoms with van der Waals surface area (Å²) in [6.45, 7) is 11.7. The molecule has 1 atom stereocenters. The highest BCUT2D eigenvalue weighted by Crippen LogP contribution is 2.35. The van der Waals surface area contributed by atoms with Crippen LogP contribution in [-0.2, 0) is 13.0 Å². The minimum absolute atomic E-state index is 0.0783. The lowest BCUT2D eigenvalue weighted by Crippen LogP contribution is -2.17. The van der Waals surface area contributed by atoms with Crippen molar-refractivity contribution in [3.05, 3.63) is 46.0 Å². The number of anilines is 1. The van der Waals surface area contributed by atoms with Crippen molar-refractivity contribution in [2.45, 2.75) is 32.9 Å². The number of hydrogen-bond donors (Lipinski definition) is 2. The van der Waals surface area contributed by atoms with Crippen molar-refractivity contribution < 1.29 is 4.42 Å². The number of aryl methyl sites for hydroxylation is 1. The molecular formula is C16H17N5OS. The third-order valence-electron chi connectivity index (χ3n) is 3.47. The average molecular weight is 327 g/mol. The number of nitrogens with zero attached hydrogens (tertiary/aromatic N) is 3. The Morgan fingerprint density at radius 2 is 2.30 bits per heavy atom. The highest BCUT2D eigenvalue weighted by Gasteiger charge is 2.19. The molecule has 0 aliphatic rings. The van der Waals surface area contributed by atoms with Gasteiger partial charge in [0.05, 0.1) is 12.8 Å². The molecule has 118 valence electrons. The van der Waals surface area contributed by atoms with E-state index < -0.39 is 0 Å². The van der Waals surface area contributed by atoms with Crippen LogP contribution < -0.4 is 11.1 Å². The Balaban J connectivity index is 2.02. The molecule has 0 fully saturated rings. The van der Waals surface area contributed by atoms with E-state index in [1.165, 1.54) is 4.88 Å². The van der Waals surface area contributed by atoms with Crippen molar-refractivity contribution in [2.24, 2.45) is 5.73 Å². The van der Waals surface area contributed by atoms with Crippen LogP contribution in [0, 0.1) is 13.5 Å². The molecule has 3 N–H and O–H groups in total. The fraction of sp³-hybridized carbons (Fsp3) is 0.312. The summed E-state index contributed by atoms with van der Waals surface area (Å²) in [4.78, 5) is 13.3. The molecule has 0 aromatic carbocycles. The second-order valence-corrected chi connectivity index (χ2v) is 6.53. The van der Waals surface area contributed by atoms with Gasteiger partial charge < -0.3 is 20.3 Å². The SMILES string of the molecule is [C-]#[N+]c1nc(NCc2ccco2)c2sc(C[C@@H](C)N)c(C)c2n1. The molecule has 3 rings (SSSR count). The lowest BCUT2D eigenvalue weighted by molar-refractivity contribution is 0.518. The zero-order chi connectivity index (χ0) is 16.4. The summed E-state index contributed by atoms with van der Waals surface area (Å²) in [6, 6.07) is 3.81. The molecule has 0 aliphatic heterocycles. The zero-order valence-electron chi connectivity index (χ0n) is 13.0. The van der Waals surface area contributed by atoms with Gasteiger partial charge in [-0.25, -0.2) is 0 Å². The summed E-state index contributed by atoms with van der Waals surface area (Å²) < 4.78 is 6.28. The average Bonchev–Trinajstić information content (AvgIpc) is 3.14. The number of hydrogen-bond acceptors (Lipinski definition) is 6. The van der Waals surface area contributed by atoms with Crippen LogP contribution in [0.1, 0.15) is 23.1 Å². The van der Waals surface area contributed by atoms with E-state index >= 15 is 0 Å². The van der Waals surface area contributed by atoms with Crippen molar-refractivity contribution in [1.29, 1.82) is 0 Å². The Labute approximate surface area is 138 Å².